The van der Waals surface area contributed by atoms with E-state index in [2.05, 4.69) is 5.32 Å². The lowest BCUT2D eigenvalue weighted by atomic mass is 10.2. The third-order valence-electron chi connectivity index (χ3n) is 5.79. The van der Waals surface area contributed by atoms with Crippen molar-refractivity contribution in [1.29, 1.82) is 0 Å². The molecule has 2 amide bonds. The molecule has 2 saturated heterocycles. The van der Waals surface area contributed by atoms with Crippen LogP contribution < -0.4 is 5.32 Å². The molecule has 32 heavy (non-hydrogen) atoms. The first-order valence-corrected chi connectivity index (χ1v) is 12.6. The number of carbonyl (C=O) groups excluding carboxylic acids is 3. The number of rotatable bonds is 7. The van der Waals surface area contributed by atoms with Crippen molar-refractivity contribution in [2.45, 2.75) is 56.8 Å². The second-order valence-electron chi connectivity index (χ2n) is 8.28. The summed E-state index contributed by atoms with van der Waals surface area (Å²) in [5, 5.41) is 2.62. The van der Waals surface area contributed by atoms with E-state index in [-0.39, 0.29) is 17.3 Å². The molecule has 0 saturated carbocycles. The van der Waals surface area contributed by atoms with Crippen LogP contribution in [-0.2, 0) is 29.1 Å². The summed E-state index contributed by atoms with van der Waals surface area (Å²) < 4.78 is 32.3. The molecule has 0 radical (unpaired) electrons. The number of piperidine rings is 1. The van der Waals surface area contributed by atoms with Crippen LogP contribution in [0.25, 0.3) is 0 Å². The minimum Gasteiger partial charge on any atom is -0.454 e. The van der Waals surface area contributed by atoms with Gasteiger partial charge in [0.15, 0.2) is 6.61 Å². The van der Waals surface area contributed by atoms with Crippen molar-refractivity contribution in [2.24, 2.45) is 0 Å². The molecule has 9 nitrogen and oxygen atoms in total. The fourth-order valence-corrected chi connectivity index (χ4v) is 5.43. The van der Waals surface area contributed by atoms with E-state index in [1.165, 1.54) is 21.3 Å². The highest BCUT2D eigenvalue weighted by Crippen LogP contribution is 2.25. The molecule has 176 valence electrons. The number of anilines is 1. The van der Waals surface area contributed by atoms with Gasteiger partial charge >= 0.3 is 5.97 Å². The van der Waals surface area contributed by atoms with Gasteiger partial charge in [-0.3, -0.25) is 14.4 Å². The first-order chi connectivity index (χ1) is 15.3. The van der Waals surface area contributed by atoms with Gasteiger partial charge in [-0.15, -0.1) is 0 Å². The van der Waals surface area contributed by atoms with E-state index >= 15 is 0 Å². The summed E-state index contributed by atoms with van der Waals surface area (Å²) in [6.45, 7) is 2.57. The number of hydrogen-bond donors (Lipinski definition) is 1. The molecule has 3 rings (SSSR count). The number of esters is 1. The first-order valence-electron chi connectivity index (χ1n) is 11.1. The molecule has 0 spiro atoms. The molecule has 0 unspecified atom stereocenters. The minimum atomic E-state index is -3.63. The van der Waals surface area contributed by atoms with Gasteiger partial charge in [-0.2, -0.15) is 4.31 Å². The maximum absolute atomic E-state index is 12.9. The number of amides is 2. The van der Waals surface area contributed by atoms with Crippen molar-refractivity contribution in [3.8, 4) is 0 Å². The molecule has 0 bridgehead atoms. The molecule has 1 N–H and O–H groups in total. The van der Waals surface area contributed by atoms with E-state index in [0.29, 0.717) is 37.3 Å². The number of ether oxygens (including phenoxy) is 1. The Bertz CT molecular complexity index is 956. The van der Waals surface area contributed by atoms with Gasteiger partial charge in [-0.05, 0) is 50.3 Å². The Morgan fingerprint density at radius 2 is 1.72 bits per heavy atom. The summed E-state index contributed by atoms with van der Waals surface area (Å²) in [5.74, 6) is -1.30. The average Bonchev–Trinajstić information content (AvgIpc) is 2.98. The van der Waals surface area contributed by atoms with Crippen molar-refractivity contribution in [2.75, 3.05) is 38.1 Å². The van der Waals surface area contributed by atoms with Gasteiger partial charge in [-0.1, -0.05) is 18.9 Å². The van der Waals surface area contributed by atoms with Crippen molar-refractivity contribution >= 4 is 33.5 Å². The topological polar surface area (TPSA) is 113 Å². The van der Waals surface area contributed by atoms with E-state index in [1.807, 2.05) is 0 Å². The number of benzene rings is 1. The Morgan fingerprint density at radius 1 is 1.03 bits per heavy atom. The maximum Gasteiger partial charge on any atom is 0.326 e. The van der Waals surface area contributed by atoms with Gasteiger partial charge in [0.05, 0.1) is 4.90 Å². The average molecular weight is 466 g/mol. The van der Waals surface area contributed by atoms with E-state index in [4.69, 9.17) is 4.74 Å². The Morgan fingerprint density at radius 3 is 2.47 bits per heavy atom. The van der Waals surface area contributed by atoms with Gasteiger partial charge in [-0.25, -0.2) is 8.42 Å². The molecule has 2 fully saturated rings. The SMILES string of the molecule is Cc1ccc(S(=O)(=O)N2CCCCC2)cc1NC(=O)COC(=O)CN1CCCCCC1=O. The molecule has 1 aromatic rings. The summed E-state index contributed by atoms with van der Waals surface area (Å²) >= 11 is 0. The van der Waals surface area contributed by atoms with Crippen LogP contribution in [0.3, 0.4) is 0 Å². The number of aryl methyl sites for hydroxylation is 1. The number of carbonyl (C=O) groups is 3. The third-order valence-corrected chi connectivity index (χ3v) is 7.69. The molecule has 1 aromatic carbocycles. The van der Waals surface area contributed by atoms with Crippen molar-refractivity contribution < 1.29 is 27.5 Å². The highest BCUT2D eigenvalue weighted by molar-refractivity contribution is 7.89. The Balaban J connectivity index is 1.57. The standard InChI is InChI=1S/C22H31N3O6S/c1-17-9-10-18(32(29,30)25-12-6-3-7-13-25)14-19(17)23-20(26)16-31-22(28)15-24-11-5-2-4-8-21(24)27/h9-10,14H,2-8,11-13,15-16H2,1H3,(H,23,26). The summed E-state index contributed by atoms with van der Waals surface area (Å²) in [4.78, 5) is 38.0. The minimum absolute atomic E-state index is 0.0775. The first kappa shape index (κ1) is 24.2. The maximum atomic E-state index is 12.9. The number of hydrogen-bond acceptors (Lipinski definition) is 6. The van der Waals surface area contributed by atoms with Gasteiger partial charge in [0, 0.05) is 31.7 Å². The number of sulfonamides is 1. The van der Waals surface area contributed by atoms with Crippen LogP contribution in [0, 0.1) is 6.92 Å². The van der Waals surface area contributed by atoms with Crippen molar-refractivity contribution in [3.05, 3.63) is 23.8 Å². The lowest BCUT2D eigenvalue weighted by Gasteiger charge is -2.26. The number of nitrogens with one attached hydrogen (secondary N) is 1. The quantitative estimate of drug-likeness (QED) is 0.617. The molecule has 10 heteroatoms. The second-order valence-corrected chi connectivity index (χ2v) is 10.2. The molecule has 0 aliphatic carbocycles. The largest absolute Gasteiger partial charge is 0.454 e. The van der Waals surface area contributed by atoms with Crippen LogP contribution in [0.2, 0.25) is 0 Å². The molecular formula is C22H31N3O6S. The highest BCUT2D eigenvalue weighted by atomic mass is 32.2. The zero-order chi connectivity index (χ0) is 23.1. The Hall–Kier alpha value is -2.46. The van der Waals surface area contributed by atoms with E-state index in [1.54, 1.807) is 13.0 Å². The monoisotopic (exact) mass is 465 g/mol. The van der Waals surface area contributed by atoms with Crippen LogP contribution in [-0.4, -0.2) is 68.2 Å². The van der Waals surface area contributed by atoms with E-state index in [9.17, 15) is 22.8 Å². The second kappa shape index (κ2) is 10.9. The lowest BCUT2D eigenvalue weighted by molar-refractivity contribution is -0.151. The van der Waals surface area contributed by atoms with Crippen LogP contribution >= 0.6 is 0 Å². The fourth-order valence-electron chi connectivity index (χ4n) is 3.89. The van der Waals surface area contributed by atoms with Crippen molar-refractivity contribution in [1.82, 2.24) is 9.21 Å². The molecule has 2 aliphatic heterocycles. The summed E-state index contributed by atoms with van der Waals surface area (Å²) in [6.07, 6.45) is 5.72. The van der Waals surface area contributed by atoms with Gasteiger partial charge in [0.1, 0.15) is 6.54 Å². The zero-order valence-corrected chi connectivity index (χ0v) is 19.3. The number of nitrogens with zero attached hydrogens (tertiary/aromatic N) is 2. The predicted octanol–water partition coefficient (Wildman–Crippen LogP) is 2.05. The normalized spacial score (nSPS) is 18.2. The summed E-state index contributed by atoms with van der Waals surface area (Å²) in [7, 11) is -3.63. The van der Waals surface area contributed by atoms with E-state index < -0.39 is 28.5 Å². The van der Waals surface area contributed by atoms with Crippen molar-refractivity contribution in [3.63, 3.8) is 0 Å². The van der Waals surface area contributed by atoms with Crippen LogP contribution in [0.4, 0.5) is 5.69 Å². The van der Waals surface area contributed by atoms with Crippen LogP contribution in [0.15, 0.2) is 23.1 Å². The van der Waals surface area contributed by atoms with Crippen LogP contribution in [0.5, 0.6) is 0 Å². The predicted molar refractivity (Wildman–Crippen MR) is 118 cm³/mol. The van der Waals surface area contributed by atoms with Crippen LogP contribution in [0.1, 0.15) is 50.5 Å². The molecule has 2 heterocycles. The summed E-state index contributed by atoms with van der Waals surface area (Å²) in [5.41, 5.74) is 1.05. The Kier molecular flexibility index (Phi) is 8.25. The summed E-state index contributed by atoms with van der Waals surface area (Å²) in [6, 6.07) is 4.62. The third kappa shape index (κ3) is 6.29. The smallest absolute Gasteiger partial charge is 0.326 e. The number of likely N-dealkylation sites (tertiary alicyclic amines) is 1. The fraction of sp³-hybridized carbons (Fsp3) is 0.591. The van der Waals surface area contributed by atoms with E-state index in [0.717, 1.165) is 38.5 Å². The zero-order valence-electron chi connectivity index (χ0n) is 18.5. The molecular weight excluding hydrogens is 434 g/mol. The molecule has 0 aromatic heterocycles. The molecule has 2 aliphatic rings. The van der Waals surface area contributed by atoms with Gasteiger partial charge < -0.3 is 15.0 Å². The highest BCUT2D eigenvalue weighted by Gasteiger charge is 2.26. The lowest BCUT2D eigenvalue weighted by Crippen LogP contribution is -2.36. The van der Waals surface area contributed by atoms with Gasteiger partial charge in [0.2, 0.25) is 15.9 Å². The molecule has 0 atom stereocenters. The Labute approximate surface area is 189 Å². The van der Waals surface area contributed by atoms with Gasteiger partial charge in [0.25, 0.3) is 5.91 Å².